The molecule has 0 bridgehead atoms. The van der Waals surface area contributed by atoms with Crippen LogP contribution in [0.25, 0.3) is 5.69 Å². The molecule has 1 fully saturated rings. The first kappa shape index (κ1) is 16.7. The van der Waals surface area contributed by atoms with Crippen molar-refractivity contribution in [3.8, 4) is 5.69 Å². The van der Waals surface area contributed by atoms with Crippen molar-refractivity contribution in [2.45, 2.75) is 25.3 Å². The van der Waals surface area contributed by atoms with E-state index in [1.165, 1.54) is 5.56 Å². The fourth-order valence-electron chi connectivity index (χ4n) is 2.97. The average molecular weight is 328 g/mol. The number of carbonyl (C=O) groups is 1. The third-order valence-corrected chi connectivity index (χ3v) is 4.49. The summed E-state index contributed by atoms with van der Waals surface area (Å²) in [5, 5.41) is 7.15. The summed E-state index contributed by atoms with van der Waals surface area (Å²) in [6, 6.07) is 9.63. The van der Waals surface area contributed by atoms with Gasteiger partial charge in [-0.25, -0.2) is 4.68 Å². The lowest BCUT2D eigenvalue weighted by atomic mass is 9.92. The van der Waals surface area contributed by atoms with E-state index in [1.807, 2.05) is 29.1 Å². The number of aromatic nitrogens is 2. The lowest BCUT2D eigenvalue weighted by molar-refractivity contribution is -0.124. The maximum atomic E-state index is 12.2. The Morgan fingerprint density at radius 3 is 2.75 bits per heavy atom. The van der Waals surface area contributed by atoms with E-state index in [4.69, 9.17) is 10.5 Å². The zero-order valence-electron chi connectivity index (χ0n) is 13.7. The molecular weight excluding hydrogens is 304 g/mol. The lowest BCUT2D eigenvalue weighted by Gasteiger charge is -2.26. The molecule has 1 aliphatic rings. The molecule has 2 aromatic rings. The Morgan fingerprint density at radius 1 is 1.33 bits per heavy atom. The predicted octanol–water partition coefficient (Wildman–Crippen LogP) is 1.28. The van der Waals surface area contributed by atoms with E-state index in [0.717, 1.165) is 24.9 Å². The highest BCUT2D eigenvalue weighted by Crippen LogP contribution is 2.17. The lowest BCUT2D eigenvalue weighted by Crippen LogP contribution is -2.47. The number of amides is 1. The topological polar surface area (TPSA) is 82.2 Å². The van der Waals surface area contributed by atoms with Crippen molar-refractivity contribution in [3.05, 3.63) is 48.3 Å². The molecule has 2 heterocycles. The number of hydrogen-bond donors (Lipinski definition) is 2. The number of benzene rings is 1. The van der Waals surface area contributed by atoms with Crippen LogP contribution in [0.5, 0.6) is 0 Å². The maximum absolute atomic E-state index is 12.2. The van der Waals surface area contributed by atoms with Gasteiger partial charge in [-0.2, -0.15) is 5.10 Å². The van der Waals surface area contributed by atoms with E-state index in [9.17, 15) is 4.79 Å². The van der Waals surface area contributed by atoms with Crippen molar-refractivity contribution in [1.82, 2.24) is 15.1 Å². The van der Waals surface area contributed by atoms with Crippen molar-refractivity contribution in [3.63, 3.8) is 0 Å². The van der Waals surface area contributed by atoms with Gasteiger partial charge >= 0.3 is 0 Å². The quantitative estimate of drug-likeness (QED) is 0.837. The van der Waals surface area contributed by atoms with Gasteiger partial charge in [0.25, 0.3) is 0 Å². The van der Waals surface area contributed by atoms with Crippen LogP contribution >= 0.6 is 0 Å². The summed E-state index contributed by atoms with van der Waals surface area (Å²) >= 11 is 0. The van der Waals surface area contributed by atoms with Crippen LogP contribution in [-0.2, 0) is 16.0 Å². The minimum Gasteiger partial charge on any atom is -0.381 e. The van der Waals surface area contributed by atoms with E-state index in [1.54, 1.807) is 6.20 Å². The molecule has 1 unspecified atom stereocenters. The molecule has 1 atom stereocenters. The largest absolute Gasteiger partial charge is 0.381 e. The van der Waals surface area contributed by atoms with Crippen LogP contribution < -0.4 is 11.1 Å². The fraction of sp³-hybridized carbons (Fsp3) is 0.444. The van der Waals surface area contributed by atoms with Gasteiger partial charge in [0.15, 0.2) is 0 Å². The Kier molecular flexibility index (Phi) is 5.61. The van der Waals surface area contributed by atoms with Crippen LogP contribution in [0, 0.1) is 5.92 Å². The monoisotopic (exact) mass is 328 g/mol. The fourth-order valence-corrected chi connectivity index (χ4v) is 2.97. The molecule has 1 aromatic carbocycles. The maximum Gasteiger partial charge on any atom is 0.237 e. The zero-order chi connectivity index (χ0) is 16.8. The number of ether oxygens (including phenoxy) is 1. The molecule has 0 spiro atoms. The highest BCUT2D eigenvalue weighted by atomic mass is 16.5. The SMILES string of the molecule is NC(C(=O)NCCc1ccc(-n2cccn2)cc1)C1CCOCC1. The summed E-state index contributed by atoms with van der Waals surface area (Å²) in [5.41, 5.74) is 8.26. The second-order valence-corrected chi connectivity index (χ2v) is 6.13. The Hall–Kier alpha value is -2.18. The summed E-state index contributed by atoms with van der Waals surface area (Å²) < 4.78 is 7.13. The molecule has 0 radical (unpaired) electrons. The van der Waals surface area contributed by atoms with Crippen molar-refractivity contribution < 1.29 is 9.53 Å². The van der Waals surface area contributed by atoms with Crippen LogP contribution in [0.3, 0.4) is 0 Å². The number of nitrogens with two attached hydrogens (primary N) is 1. The van der Waals surface area contributed by atoms with E-state index in [-0.39, 0.29) is 11.8 Å². The molecule has 6 heteroatoms. The standard InChI is InChI=1S/C18H24N4O2/c19-17(15-7-12-24-13-8-15)18(23)20-10-6-14-2-4-16(5-3-14)22-11-1-9-21-22/h1-5,9,11,15,17H,6-8,10,12-13,19H2,(H,20,23). The van der Waals surface area contributed by atoms with Gasteiger partial charge < -0.3 is 15.8 Å². The molecule has 6 nitrogen and oxygen atoms in total. The molecule has 0 aliphatic carbocycles. The highest BCUT2D eigenvalue weighted by molar-refractivity contribution is 5.81. The number of rotatable bonds is 6. The van der Waals surface area contributed by atoms with E-state index < -0.39 is 6.04 Å². The van der Waals surface area contributed by atoms with Gasteiger partial charge in [0.1, 0.15) is 0 Å². The van der Waals surface area contributed by atoms with Crippen molar-refractivity contribution in [1.29, 1.82) is 0 Å². The Bertz CT molecular complexity index is 634. The number of nitrogens with one attached hydrogen (secondary N) is 1. The van der Waals surface area contributed by atoms with Gasteiger partial charge in [-0.3, -0.25) is 4.79 Å². The zero-order valence-corrected chi connectivity index (χ0v) is 13.7. The van der Waals surface area contributed by atoms with Gasteiger partial charge in [0.2, 0.25) is 5.91 Å². The molecule has 1 saturated heterocycles. The molecule has 1 amide bonds. The van der Waals surface area contributed by atoms with Crippen LogP contribution in [-0.4, -0.2) is 41.5 Å². The molecule has 3 rings (SSSR count). The number of hydrogen-bond acceptors (Lipinski definition) is 4. The van der Waals surface area contributed by atoms with E-state index in [2.05, 4.69) is 22.5 Å². The average Bonchev–Trinajstić information content (AvgIpc) is 3.17. The normalized spacial score (nSPS) is 16.7. The third kappa shape index (κ3) is 4.21. The predicted molar refractivity (Wildman–Crippen MR) is 91.8 cm³/mol. The Labute approximate surface area is 142 Å². The van der Waals surface area contributed by atoms with Gasteiger partial charge in [-0.1, -0.05) is 12.1 Å². The minimum atomic E-state index is -0.434. The van der Waals surface area contributed by atoms with Crippen molar-refractivity contribution in [2.75, 3.05) is 19.8 Å². The summed E-state index contributed by atoms with van der Waals surface area (Å²) in [4.78, 5) is 12.2. The molecular formula is C18H24N4O2. The minimum absolute atomic E-state index is 0.0601. The molecule has 24 heavy (non-hydrogen) atoms. The van der Waals surface area contributed by atoms with Crippen LogP contribution in [0.2, 0.25) is 0 Å². The van der Waals surface area contributed by atoms with Gasteiger partial charge in [-0.05, 0) is 48.9 Å². The Morgan fingerprint density at radius 2 is 2.08 bits per heavy atom. The van der Waals surface area contributed by atoms with Crippen LogP contribution in [0.1, 0.15) is 18.4 Å². The number of carbonyl (C=O) groups excluding carboxylic acids is 1. The smallest absolute Gasteiger partial charge is 0.237 e. The van der Waals surface area contributed by atoms with Crippen molar-refractivity contribution in [2.24, 2.45) is 11.7 Å². The second-order valence-electron chi connectivity index (χ2n) is 6.13. The molecule has 128 valence electrons. The van der Waals surface area contributed by atoms with Gasteiger partial charge in [0.05, 0.1) is 11.7 Å². The van der Waals surface area contributed by atoms with Gasteiger partial charge in [0, 0.05) is 32.2 Å². The van der Waals surface area contributed by atoms with Gasteiger partial charge in [-0.15, -0.1) is 0 Å². The summed E-state index contributed by atoms with van der Waals surface area (Å²) in [5.74, 6) is 0.169. The van der Waals surface area contributed by atoms with E-state index in [0.29, 0.717) is 19.8 Å². The highest BCUT2D eigenvalue weighted by Gasteiger charge is 2.26. The van der Waals surface area contributed by atoms with Crippen LogP contribution in [0.4, 0.5) is 0 Å². The molecule has 3 N–H and O–H groups in total. The third-order valence-electron chi connectivity index (χ3n) is 4.49. The summed E-state index contributed by atoms with van der Waals surface area (Å²) in [7, 11) is 0. The first-order valence-electron chi connectivity index (χ1n) is 8.44. The van der Waals surface area contributed by atoms with Crippen LogP contribution in [0.15, 0.2) is 42.7 Å². The first-order valence-corrected chi connectivity index (χ1v) is 8.44. The van der Waals surface area contributed by atoms with E-state index >= 15 is 0 Å². The molecule has 1 aliphatic heterocycles. The first-order chi connectivity index (χ1) is 11.7. The molecule has 1 aromatic heterocycles. The number of nitrogens with zero attached hydrogens (tertiary/aromatic N) is 2. The Balaban J connectivity index is 1.44. The molecule has 0 saturated carbocycles. The summed E-state index contributed by atoms with van der Waals surface area (Å²) in [6.07, 6.45) is 6.18. The van der Waals surface area contributed by atoms with Crippen molar-refractivity contribution >= 4 is 5.91 Å². The summed E-state index contributed by atoms with van der Waals surface area (Å²) in [6.45, 7) is 2.00. The second kappa shape index (κ2) is 8.08.